The van der Waals surface area contributed by atoms with Gasteiger partial charge in [-0.3, -0.25) is 9.59 Å². The van der Waals surface area contributed by atoms with Gasteiger partial charge in [0.25, 0.3) is 0 Å². The summed E-state index contributed by atoms with van der Waals surface area (Å²) >= 11 is 0. The monoisotopic (exact) mass is 709 g/mol. The fourth-order valence-corrected chi connectivity index (χ4v) is 6.97. The number of aliphatic hydroxyl groups excluding tert-OH is 1. The Kier molecular flexibility index (Phi) is 41.4. The summed E-state index contributed by atoms with van der Waals surface area (Å²) in [6, 6.07) is 0. The second kappa shape index (κ2) is 42.3. The van der Waals surface area contributed by atoms with Crippen molar-refractivity contribution in [2.24, 2.45) is 0 Å². The summed E-state index contributed by atoms with van der Waals surface area (Å²) in [5, 5.41) is 9.58. The Morgan fingerprint density at radius 1 is 0.380 bits per heavy atom. The first-order valence-corrected chi connectivity index (χ1v) is 22.6. The topological polar surface area (TPSA) is 72.8 Å². The van der Waals surface area contributed by atoms with Gasteiger partial charge in [-0.15, -0.1) is 0 Å². The molecule has 5 heteroatoms. The first-order chi connectivity index (χ1) is 24.6. The average molecular weight is 709 g/mol. The first kappa shape index (κ1) is 48.9. The van der Waals surface area contributed by atoms with Crippen LogP contribution in [0.4, 0.5) is 0 Å². The third kappa shape index (κ3) is 39.7. The van der Waals surface area contributed by atoms with Crippen molar-refractivity contribution in [2.45, 2.75) is 264 Å². The van der Waals surface area contributed by atoms with Crippen molar-refractivity contribution in [1.82, 2.24) is 0 Å². The fraction of sp³-hybridized carbons (Fsp3) is 0.956. The zero-order valence-corrected chi connectivity index (χ0v) is 33.9. The molecule has 0 radical (unpaired) electrons. The van der Waals surface area contributed by atoms with E-state index in [-0.39, 0.29) is 25.2 Å². The predicted molar refractivity (Wildman–Crippen MR) is 215 cm³/mol. The van der Waals surface area contributed by atoms with E-state index in [4.69, 9.17) is 9.47 Å². The number of ether oxygens (including phenoxy) is 2. The highest BCUT2D eigenvalue weighted by Gasteiger charge is 2.16. The van der Waals surface area contributed by atoms with Crippen LogP contribution in [0.25, 0.3) is 0 Å². The second-order valence-corrected chi connectivity index (χ2v) is 15.5. The van der Waals surface area contributed by atoms with Crippen LogP contribution in [0.1, 0.15) is 258 Å². The minimum absolute atomic E-state index is 0.0564. The first-order valence-electron chi connectivity index (χ1n) is 22.6. The lowest BCUT2D eigenvalue weighted by atomic mass is 10.0. The van der Waals surface area contributed by atoms with Crippen LogP contribution in [0.2, 0.25) is 0 Å². The fourth-order valence-electron chi connectivity index (χ4n) is 6.97. The Morgan fingerprint density at radius 3 is 0.880 bits per heavy atom. The van der Waals surface area contributed by atoms with Gasteiger partial charge in [0.1, 0.15) is 6.61 Å². The van der Waals surface area contributed by atoms with Crippen molar-refractivity contribution in [1.29, 1.82) is 0 Å². The Hall–Kier alpha value is -1.10. The van der Waals surface area contributed by atoms with Crippen molar-refractivity contribution >= 4 is 11.9 Å². The van der Waals surface area contributed by atoms with Crippen LogP contribution in [-0.2, 0) is 19.1 Å². The SMILES string of the molecule is CCCCCCCCCCCCCCCCCCCCCCC(=O)OC(CO)COC(=O)CCCCCCCCCCCCCCCCCC. The van der Waals surface area contributed by atoms with Crippen LogP contribution in [0, 0.1) is 0 Å². The molecule has 298 valence electrons. The van der Waals surface area contributed by atoms with Crippen LogP contribution in [0.15, 0.2) is 0 Å². The third-order valence-electron chi connectivity index (χ3n) is 10.4. The van der Waals surface area contributed by atoms with Crippen molar-refractivity contribution in [3.8, 4) is 0 Å². The van der Waals surface area contributed by atoms with E-state index < -0.39 is 6.10 Å². The largest absolute Gasteiger partial charge is 0.462 e. The molecule has 0 heterocycles. The van der Waals surface area contributed by atoms with Gasteiger partial charge < -0.3 is 14.6 Å². The van der Waals surface area contributed by atoms with Crippen LogP contribution in [-0.4, -0.2) is 36.4 Å². The molecule has 0 aromatic heterocycles. The molecular formula is C45H88O5. The third-order valence-corrected chi connectivity index (χ3v) is 10.4. The van der Waals surface area contributed by atoms with E-state index in [1.807, 2.05) is 0 Å². The molecule has 0 saturated heterocycles. The van der Waals surface area contributed by atoms with Gasteiger partial charge in [-0.1, -0.05) is 232 Å². The number of aliphatic hydroxyl groups is 1. The quantitative estimate of drug-likeness (QED) is 0.0505. The molecule has 50 heavy (non-hydrogen) atoms. The Morgan fingerprint density at radius 2 is 0.620 bits per heavy atom. The Labute approximate surface area is 312 Å². The van der Waals surface area contributed by atoms with Gasteiger partial charge in [-0.05, 0) is 12.8 Å². The van der Waals surface area contributed by atoms with Gasteiger partial charge in [0.15, 0.2) is 6.10 Å². The number of carbonyl (C=O) groups is 2. The minimum Gasteiger partial charge on any atom is -0.462 e. The van der Waals surface area contributed by atoms with E-state index in [2.05, 4.69) is 13.8 Å². The van der Waals surface area contributed by atoms with Crippen LogP contribution < -0.4 is 0 Å². The molecule has 0 bridgehead atoms. The highest BCUT2D eigenvalue weighted by molar-refractivity contribution is 5.70. The van der Waals surface area contributed by atoms with E-state index in [9.17, 15) is 14.7 Å². The van der Waals surface area contributed by atoms with E-state index in [0.29, 0.717) is 12.8 Å². The molecule has 0 amide bonds. The van der Waals surface area contributed by atoms with Crippen LogP contribution >= 0.6 is 0 Å². The smallest absolute Gasteiger partial charge is 0.306 e. The van der Waals surface area contributed by atoms with E-state index >= 15 is 0 Å². The van der Waals surface area contributed by atoms with Crippen molar-refractivity contribution < 1.29 is 24.2 Å². The number of hydrogen-bond acceptors (Lipinski definition) is 5. The standard InChI is InChI=1S/C45H88O5/c1-3-5-7-9-11-13-15-17-19-21-22-23-24-26-28-30-32-34-36-38-40-45(48)50-43(41-46)42-49-44(47)39-37-35-33-31-29-27-25-20-18-16-14-12-10-8-6-4-2/h43,46H,3-42H2,1-2H3. The average Bonchev–Trinajstić information content (AvgIpc) is 3.12. The lowest BCUT2D eigenvalue weighted by molar-refractivity contribution is -0.161. The zero-order chi connectivity index (χ0) is 36.4. The summed E-state index contributed by atoms with van der Waals surface area (Å²) in [6.45, 7) is 4.18. The van der Waals surface area contributed by atoms with Gasteiger partial charge >= 0.3 is 11.9 Å². The van der Waals surface area contributed by atoms with Crippen LogP contribution in [0.3, 0.4) is 0 Å². The molecule has 5 nitrogen and oxygen atoms in total. The molecule has 0 aliphatic rings. The molecule has 1 atom stereocenters. The normalized spacial score (nSPS) is 12.0. The Bertz CT molecular complexity index is 680. The molecule has 0 aliphatic carbocycles. The minimum atomic E-state index is -0.762. The van der Waals surface area contributed by atoms with E-state index in [1.165, 1.54) is 199 Å². The maximum absolute atomic E-state index is 12.2. The maximum atomic E-state index is 12.2. The summed E-state index contributed by atoms with van der Waals surface area (Å²) in [7, 11) is 0. The molecule has 0 aromatic rings. The number of carbonyl (C=O) groups excluding carboxylic acids is 2. The highest BCUT2D eigenvalue weighted by Crippen LogP contribution is 2.17. The molecule has 0 aliphatic heterocycles. The predicted octanol–water partition coefficient (Wildman–Crippen LogP) is 14.3. The summed E-state index contributed by atoms with van der Waals surface area (Å²) < 4.78 is 10.7. The highest BCUT2D eigenvalue weighted by atomic mass is 16.6. The molecule has 0 rings (SSSR count). The summed E-state index contributed by atoms with van der Waals surface area (Å²) in [5.74, 6) is -0.570. The summed E-state index contributed by atoms with van der Waals surface area (Å²) in [4.78, 5) is 24.3. The maximum Gasteiger partial charge on any atom is 0.306 e. The number of hydrogen-bond donors (Lipinski definition) is 1. The summed E-state index contributed by atoms with van der Waals surface area (Å²) in [5.41, 5.74) is 0. The zero-order valence-electron chi connectivity index (χ0n) is 33.9. The molecule has 1 N–H and O–H groups in total. The lowest BCUT2D eigenvalue weighted by Gasteiger charge is -2.15. The van der Waals surface area contributed by atoms with Gasteiger partial charge in [0, 0.05) is 12.8 Å². The summed E-state index contributed by atoms with van der Waals surface area (Å²) in [6.07, 6.45) is 47.5. The van der Waals surface area contributed by atoms with Gasteiger partial charge in [0.05, 0.1) is 6.61 Å². The second-order valence-electron chi connectivity index (χ2n) is 15.5. The van der Waals surface area contributed by atoms with E-state index in [1.54, 1.807) is 0 Å². The number of unbranched alkanes of at least 4 members (excludes halogenated alkanes) is 34. The van der Waals surface area contributed by atoms with Crippen molar-refractivity contribution in [2.75, 3.05) is 13.2 Å². The van der Waals surface area contributed by atoms with Gasteiger partial charge in [0.2, 0.25) is 0 Å². The molecule has 0 saturated carbocycles. The molecule has 0 spiro atoms. The van der Waals surface area contributed by atoms with Gasteiger partial charge in [-0.2, -0.15) is 0 Å². The van der Waals surface area contributed by atoms with Crippen molar-refractivity contribution in [3.63, 3.8) is 0 Å². The van der Waals surface area contributed by atoms with Gasteiger partial charge in [-0.25, -0.2) is 0 Å². The van der Waals surface area contributed by atoms with Crippen LogP contribution in [0.5, 0.6) is 0 Å². The molecule has 0 aromatic carbocycles. The van der Waals surface area contributed by atoms with E-state index in [0.717, 1.165) is 32.1 Å². The van der Waals surface area contributed by atoms with Crippen molar-refractivity contribution in [3.05, 3.63) is 0 Å². The lowest BCUT2D eigenvalue weighted by Crippen LogP contribution is -2.28. The Balaban J connectivity index is 3.45. The number of rotatable bonds is 42. The molecular weight excluding hydrogens is 620 g/mol. The molecule has 1 unspecified atom stereocenters. The number of esters is 2. The molecule has 0 fully saturated rings.